The third-order valence-corrected chi connectivity index (χ3v) is 2.84. The molecule has 0 amide bonds. The number of anilines is 1. The second kappa shape index (κ2) is 6.26. The molecule has 0 saturated heterocycles. The van der Waals surface area contributed by atoms with Crippen molar-refractivity contribution in [1.29, 1.82) is 0 Å². The molecule has 0 saturated carbocycles. The number of aliphatic hydroxyl groups excluding tert-OH is 1. The molecule has 20 heavy (non-hydrogen) atoms. The van der Waals surface area contributed by atoms with Crippen LogP contribution in [0.3, 0.4) is 0 Å². The van der Waals surface area contributed by atoms with Crippen molar-refractivity contribution >= 4 is 17.8 Å². The van der Waals surface area contributed by atoms with Crippen molar-refractivity contribution in [2.24, 2.45) is 0 Å². The molecule has 0 fully saturated rings. The van der Waals surface area contributed by atoms with Gasteiger partial charge in [0, 0.05) is 5.69 Å². The van der Waals surface area contributed by atoms with E-state index in [1.165, 1.54) is 0 Å². The monoisotopic (exact) mass is 269 g/mol. The summed E-state index contributed by atoms with van der Waals surface area (Å²) in [7, 11) is 0. The average molecular weight is 269 g/mol. The lowest BCUT2D eigenvalue weighted by Gasteiger charge is -2.08. The maximum absolute atomic E-state index is 9.55. The Hall–Kier alpha value is -2.26. The lowest BCUT2D eigenvalue weighted by atomic mass is 10.1. The van der Waals surface area contributed by atoms with Gasteiger partial charge in [0.15, 0.2) is 0 Å². The summed E-state index contributed by atoms with van der Waals surface area (Å²) in [6.45, 7) is 3.63. The third-order valence-electron chi connectivity index (χ3n) is 2.84. The number of phenolic OH excluding ortho intramolecular Hbond substituents is 1. The Labute approximate surface area is 119 Å². The minimum absolute atomic E-state index is 0.279. The number of rotatable bonds is 4. The summed E-state index contributed by atoms with van der Waals surface area (Å²) in [6.07, 6.45) is 3.39. The van der Waals surface area contributed by atoms with E-state index in [-0.39, 0.29) is 5.75 Å². The van der Waals surface area contributed by atoms with Crippen LogP contribution in [0.25, 0.3) is 12.2 Å². The lowest BCUT2D eigenvalue weighted by molar-refractivity contribution is 0.224. The standard InChI is InChI=1S/C17H19NO2/c1-12-9-15(11-17(20)10-12)4-3-14-5-7-16(8-6-14)18-13(2)19/h3-11,13,18-20H,1-2H3/b4-3+. The van der Waals surface area contributed by atoms with Crippen LogP contribution in [0.1, 0.15) is 23.6 Å². The molecule has 104 valence electrons. The van der Waals surface area contributed by atoms with Gasteiger partial charge < -0.3 is 15.5 Å². The first-order valence-electron chi connectivity index (χ1n) is 6.56. The smallest absolute Gasteiger partial charge is 0.121 e. The average Bonchev–Trinajstić information content (AvgIpc) is 2.36. The first-order chi connectivity index (χ1) is 9.52. The molecule has 2 aromatic carbocycles. The highest BCUT2D eigenvalue weighted by molar-refractivity contribution is 5.71. The highest BCUT2D eigenvalue weighted by atomic mass is 16.3. The van der Waals surface area contributed by atoms with Crippen LogP contribution in [-0.4, -0.2) is 16.4 Å². The van der Waals surface area contributed by atoms with Crippen molar-refractivity contribution in [1.82, 2.24) is 0 Å². The van der Waals surface area contributed by atoms with Gasteiger partial charge in [-0.2, -0.15) is 0 Å². The highest BCUT2D eigenvalue weighted by Crippen LogP contribution is 2.18. The van der Waals surface area contributed by atoms with Crippen molar-refractivity contribution in [3.8, 4) is 5.75 Å². The first kappa shape index (κ1) is 14.2. The predicted molar refractivity (Wildman–Crippen MR) is 83.5 cm³/mol. The van der Waals surface area contributed by atoms with E-state index in [2.05, 4.69) is 5.32 Å². The number of hydrogen-bond acceptors (Lipinski definition) is 3. The normalized spacial score (nSPS) is 12.6. The van der Waals surface area contributed by atoms with Crippen LogP contribution in [0.4, 0.5) is 5.69 Å². The molecule has 0 aliphatic rings. The van der Waals surface area contributed by atoms with Gasteiger partial charge in [0.2, 0.25) is 0 Å². The molecule has 3 nitrogen and oxygen atoms in total. The van der Waals surface area contributed by atoms with Crippen LogP contribution in [0.2, 0.25) is 0 Å². The molecule has 3 N–H and O–H groups in total. The van der Waals surface area contributed by atoms with E-state index in [0.29, 0.717) is 0 Å². The van der Waals surface area contributed by atoms with E-state index in [4.69, 9.17) is 0 Å². The lowest BCUT2D eigenvalue weighted by Crippen LogP contribution is -2.12. The highest BCUT2D eigenvalue weighted by Gasteiger charge is 1.96. The topological polar surface area (TPSA) is 52.5 Å². The van der Waals surface area contributed by atoms with Gasteiger partial charge in [-0.1, -0.05) is 30.4 Å². The zero-order chi connectivity index (χ0) is 14.5. The summed E-state index contributed by atoms with van der Waals surface area (Å²) < 4.78 is 0. The van der Waals surface area contributed by atoms with Gasteiger partial charge in [-0.15, -0.1) is 0 Å². The van der Waals surface area contributed by atoms with Crippen molar-refractivity contribution < 1.29 is 10.2 Å². The predicted octanol–water partition coefficient (Wildman–Crippen LogP) is 3.62. The molecule has 0 radical (unpaired) electrons. The fourth-order valence-electron chi connectivity index (χ4n) is 2.01. The number of hydrogen-bond donors (Lipinski definition) is 3. The van der Waals surface area contributed by atoms with Crippen molar-refractivity contribution in [3.05, 3.63) is 59.2 Å². The number of aryl methyl sites for hydroxylation is 1. The van der Waals surface area contributed by atoms with Gasteiger partial charge in [-0.25, -0.2) is 0 Å². The molecular formula is C17H19NO2. The summed E-state index contributed by atoms with van der Waals surface area (Å²) in [4.78, 5) is 0. The molecule has 1 atom stereocenters. The van der Waals surface area contributed by atoms with Crippen LogP contribution in [-0.2, 0) is 0 Å². The number of aliphatic hydroxyl groups is 1. The van der Waals surface area contributed by atoms with E-state index in [9.17, 15) is 10.2 Å². The SMILES string of the molecule is Cc1cc(O)cc(/C=C/c2ccc(NC(C)O)cc2)c1. The third kappa shape index (κ3) is 4.14. The van der Waals surface area contributed by atoms with E-state index in [1.807, 2.05) is 49.4 Å². The minimum atomic E-state index is -0.563. The Morgan fingerprint density at radius 2 is 1.65 bits per heavy atom. The number of phenols is 1. The molecule has 2 aromatic rings. The summed E-state index contributed by atoms with van der Waals surface area (Å²) >= 11 is 0. The van der Waals surface area contributed by atoms with Crippen LogP contribution >= 0.6 is 0 Å². The summed E-state index contributed by atoms with van der Waals surface area (Å²) in [6, 6.07) is 13.2. The summed E-state index contributed by atoms with van der Waals surface area (Å²) in [5.74, 6) is 0.279. The van der Waals surface area contributed by atoms with E-state index in [0.717, 1.165) is 22.4 Å². The van der Waals surface area contributed by atoms with Gasteiger partial charge in [-0.3, -0.25) is 0 Å². The molecule has 0 aliphatic carbocycles. The van der Waals surface area contributed by atoms with Crippen LogP contribution < -0.4 is 5.32 Å². The van der Waals surface area contributed by atoms with E-state index in [1.54, 1.807) is 19.1 Å². The Morgan fingerprint density at radius 3 is 2.25 bits per heavy atom. The second-order valence-corrected chi connectivity index (χ2v) is 4.88. The fraction of sp³-hybridized carbons (Fsp3) is 0.176. The van der Waals surface area contributed by atoms with Gasteiger partial charge in [0.05, 0.1) is 0 Å². The number of aromatic hydroxyl groups is 1. The second-order valence-electron chi connectivity index (χ2n) is 4.88. The van der Waals surface area contributed by atoms with E-state index >= 15 is 0 Å². The largest absolute Gasteiger partial charge is 0.508 e. The Morgan fingerprint density at radius 1 is 1.00 bits per heavy atom. The molecule has 2 rings (SSSR count). The first-order valence-corrected chi connectivity index (χ1v) is 6.56. The maximum atomic E-state index is 9.55. The maximum Gasteiger partial charge on any atom is 0.121 e. The Kier molecular flexibility index (Phi) is 4.43. The molecule has 0 heterocycles. The Balaban J connectivity index is 2.11. The zero-order valence-corrected chi connectivity index (χ0v) is 11.7. The molecule has 0 aliphatic heterocycles. The number of benzene rings is 2. The van der Waals surface area contributed by atoms with Crippen molar-refractivity contribution in [3.63, 3.8) is 0 Å². The Bertz CT molecular complexity index is 581. The van der Waals surface area contributed by atoms with Gasteiger partial charge in [-0.05, 0) is 54.8 Å². The molecule has 0 aromatic heterocycles. The van der Waals surface area contributed by atoms with Crippen LogP contribution in [0.15, 0.2) is 42.5 Å². The zero-order valence-electron chi connectivity index (χ0n) is 11.7. The number of nitrogens with one attached hydrogen (secondary N) is 1. The molecule has 0 spiro atoms. The van der Waals surface area contributed by atoms with Gasteiger partial charge >= 0.3 is 0 Å². The molecular weight excluding hydrogens is 250 g/mol. The summed E-state index contributed by atoms with van der Waals surface area (Å²) in [5.41, 5.74) is 3.93. The van der Waals surface area contributed by atoms with Crippen molar-refractivity contribution in [2.45, 2.75) is 20.1 Å². The minimum Gasteiger partial charge on any atom is -0.508 e. The van der Waals surface area contributed by atoms with Crippen LogP contribution in [0.5, 0.6) is 5.75 Å². The molecule has 0 bridgehead atoms. The molecule has 3 heteroatoms. The van der Waals surface area contributed by atoms with Gasteiger partial charge in [0.1, 0.15) is 12.0 Å². The quantitative estimate of drug-likeness (QED) is 0.587. The van der Waals surface area contributed by atoms with Gasteiger partial charge in [0.25, 0.3) is 0 Å². The summed E-state index contributed by atoms with van der Waals surface area (Å²) in [5, 5.41) is 21.7. The van der Waals surface area contributed by atoms with Crippen LogP contribution in [0, 0.1) is 6.92 Å². The van der Waals surface area contributed by atoms with Crippen molar-refractivity contribution in [2.75, 3.05) is 5.32 Å². The molecule has 1 unspecified atom stereocenters. The fourth-order valence-corrected chi connectivity index (χ4v) is 2.01. The van der Waals surface area contributed by atoms with E-state index < -0.39 is 6.23 Å².